The molecule has 10 heteroatoms. The number of anilines is 4. The third-order valence-electron chi connectivity index (χ3n) is 4.84. The minimum atomic E-state index is -4.62. The van der Waals surface area contributed by atoms with Gasteiger partial charge in [-0.15, -0.1) is 0 Å². The van der Waals surface area contributed by atoms with Gasteiger partial charge in [-0.05, 0) is 36.6 Å². The molecule has 154 valence electrons. The second-order valence-electron chi connectivity index (χ2n) is 6.70. The second-order valence-corrected chi connectivity index (χ2v) is 6.70. The van der Waals surface area contributed by atoms with Gasteiger partial charge in [-0.1, -0.05) is 30.3 Å². The van der Waals surface area contributed by atoms with Crippen molar-refractivity contribution in [2.24, 2.45) is 0 Å². The summed E-state index contributed by atoms with van der Waals surface area (Å²) in [6.45, 7) is 0.493. The van der Waals surface area contributed by atoms with Crippen LogP contribution in [-0.4, -0.2) is 21.4 Å². The number of benzene rings is 2. The molecule has 0 atom stereocenters. The van der Waals surface area contributed by atoms with E-state index in [9.17, 15) is 23.3 Å². The predicted octanol–water partition coefficient (Wildman–Crippen LogP) is 5.23. The van der Waals surface area contributed by atoms with Gasteiger partial charge in [-0.25, -0.2) is 9.97 Å². The van der Waals surface area contributed by atoms with Gasteiger partial charge in [-0.2, -0.15) is 13.2 Å². The van der Waals surface area contributed by atoms with E-state index in [1.807, 2.05) is 24.3 Å². The van der Waals surface area contributed by atoms with Crippen molar-refractivity contribution in [1.29, 1.82) is 0 Å². The fourth-order valence-corrected chi connectivity index (χ4v) is 3.55. The summed E-state index contributed by atoms with van der Waals surface area (Å²) in [7, 11) is 0. The molecule has 1 N–H and O–H groups in total. The van der Waals surface area contributed by atoms with E-state index in [1.54, 1.807) is 4.90 Å². The SMILES string of the molecule is O=[N+]([O-])c1c(Nc2ccccc2C(F)(F)F)ncnc1N1CCCc2ccccc21. The van der Waals surface area contributed by atoms with E-state index in [4.69, 9.17) is 0 Å². The number of aromatic nitrogens is 2. The van der Waals surface area contributed by atoms with Crippen molar-refractivity contribution in [3.63, 3.8) is 0 Å². The van der Waals surface area contributed by atoms with Gasteiger partial charge in [0.2, 0.25) is 11.6 Å². The van der Waals surface area contributed by atoms with Crippen LogP contribution in [0.4, 0.5) is 41.9 Å². The van der Waals surface area contributed by atoms with Gasteiger partial charge in [0.25, 0.3) is 0 Å². The van der Waals surface area contributed by atoms with Crippen LogP contribution in [0.25, 0.3) is 0 Å². The number of aryl methyl sites for hydroxylation is 1. The first-order valence-electron chi connectivity index (χ1n) is 9.14. The fourth-order valence-electron chi connectivity index (χ4n) is 3.55. The van der Waals surface area contributed by atoms with E-state index in [1.165, 1.54) is 18.2 Å². The van der Waals surface area contributed by atoms with Crippen LogP contribution in [0, 0.1) is 10.1 Å². The van der Waals surface area contributed by atoms with Gasteiger partial charge in [0, 0.05) is 12.2 Å². The van der Waals surface area contributed by atoms with Gasteiger partial charge in [-0.3, -0.25) is 10.1 Å². The van der Waals surface area contributed by atoms with Crippen LogP contribution < -0.4 is 10.2 Å². The Morgan fingerprint density at radius 2 is 1.80 bits per heavy atom. The zero-order valence-corrected chi connectivity index (χ0v) is 15.6. The van der Waals surface area contributed by atoms with Gasteiger partial charge in [0.05, 0.1) is 16.2 Å². The molecule has 2 heterocycles. The molecule has 0 radical (unpaired) electrons. The average Bonchev–Trinajstić information content (AvgIpc) is 2.72. The summed E-state index contributed by atoms with van der Waals surface area (Å²) in [5.74, 6) is -0.265. The first-order valence-corrected chi connectivity index (χ1v) is 9.14. The quantitative estimate of drug-likeness (QED) is 0.464. The number of rotatable bonds is 4. The van der Waals surface area contributed by atoms with Crippen molar-refractivity contribution in [3.05, 3.63) is 76.1 Å². The molecule has 7 nitrogen and oxygen atoms in total. The van der Waals surface area contributed by atoms with Crippen molar-refractivity contribution >= 4 is 28.7 Å². The molecule has 3 aromatic rings. The summed E-state index contributed by atoms with van der Waals surface area (Å²) in [4.78, 5) is 20.9. The third kappa shape index (κ3) is 3.63. The highest BCUT2D eigenvalue weighted by Crippen LogP contribution is 2.41. The number of nitrogens with zero attached hydrogens (tertiary/aromatic N) is 4. The van der Waals surface area contributed by atoms with E-state index < -0.39 is 22.4 Å². The van der Waals surface area contributed by atoms with E-state index in [0.29, 0.717) is 6.54 Å². The van der Waals surface area contributed by atoms with Crippen molar-refractivity contribution in [2.45, 2.75) is 19.0 Å². The number of hydrogen-bond donors (Lipinski definition) is 1. The summed E-state index contributed by atoms with van der Waals surface area (Å²) in [5, 5.41) is 14.4. The Morgan fingerprint density at radius 3 is 2.57 bits per heavy atom. The topological polar surface area (TPSA) is 84.2 Å². The minimum absolute atomic E-state index is 0.0362. The summed E-state index contributed by atoms with van der Waals surface area (Å²) in [6, 6.07) is 12.2. The number of nitro groups is 1. The molecule has 0 spiro atoms. The second kappa shape index (κ2) is 7.62. The lowest BCUT2D eigenvalue weighted by atomic mass is 10.0. The molecule has 0 bridgehead atoms. The molecule has 4 rings (SSSR count). The van der Waals surface area contributed by atoms with Crippen molar-refractivity contribution in [3.8, 4) is 0 Å². The molecule has 1 aliphatic rings. The highest BCUT2D eigenvalue weighted by Gasteiger charge is 2.35. The van der Waals surface area contributed by atoms with Crippen LogP contribution in [0.15, 0.2) is 54.9 Å². The van der Waals surface area contributed by atoms with Crippen LogP contribution in [0.5, 0.6) is 0 Å². The molecule has 0 unspecified atom stereocenters. The molecule has 0 aliphatic carbocycles. The highest BCUT2D eigenvalue weighted by atomic mass is 19.4. The van der Waals surface area contributed by atoms with Crippen LogP contribution >= 0.6 is 0 Å². The molecule has 2 aromatic carbocycles. The molecule has 1 aliphatic heterocycles. The third-order valence-corrected chi connectivity index (χ3v) is 4.84. The fraction of sp³-hybridized carbons (Fsp3) is 0.200. The Balaban J connectivity index is 1.81. The molecule has 0 amide bonds. The Bertz CT molecular complexity index is 1100. The Hall–Kier alpha value is -3.69. The van der Waals surface area contributed by atoms with Crippen LogP contribution in [-0.2, 0) is 12.6 Å². The lowest BCUT2D eigenvalue weighted by molar-refractivity contribution is -0.383. The van der Waals surface area contributed by atoms with Gasteiger partial charge in [0.1, 0.15) is 6.33 Å². The number of alkyl halides is 3. The van der Waals surface area contributed by atoms with E-state index in [-0.39, 0.29) is 17.3 Å². The first-order chi connectivity index (χ1) is 14.4. The highest BCUT2D eigenvalue weighted by molar-refractivity contribution is 5.80. The van der Waals surface area contributed by atoms with Crippen LogP contribution in [0.3, 0.4) is 0 Å². The Kier molecular flexibility index (Phi) is 4.98. The van der Waals surface area contributed by atoms with E-state index >= 15 is 0 Å². The Labute approximate surface area is 169 Å². The van der Waals surface area contributed by atoms with E-state index in [0.717, 1.165) is 36.5 Å². The zero-order valence-electron chi connectivity index (χ0n) is 15.6. The lowest BCUT2D eigenvalue weighted by Gasteiger charge is -2.30. The molecule has 0 saturated carbocycles. The molecular formula is C20H16F3N5O2. The average molecular weight is 415 g/mol. The maximum absolute atomic E-state index is 13.3. The smallest absolute Gasteiger partial charge is 0.334 e. The van der Waals surface area contributed by atoms with Crippen molar-refractivity contribution < 1.29 is 18.1 Å². The summed E-state index contributed by atoms with van der Waals surface area (Å²) < 4.78 is 40.0. The first kappa shape index (κ1) is 19.6. The summed E-state index contributed by atoms with van der Waals surface area (Å²) in [5.41, 5.74) is 0.0616. The molecule has 30 heavy (non-hydrogen) atoms. The monoisotopic (exact) mass is 415 g/mol. The molecule has 0 saturated heterocycles. The van der Waals surface area contributed by atoms with Gasteiger partial charge < -0.3 is 10.2 Å². The lowest BCUT2D eigenvalue weighted by Crippen LogP contribution is -2.26. The Morgan fingerprint density at radius 1 is 1.07 bits per heavy atom. The maximum atomic E-state index is 13.3. The molecular weight excluding hydrogens is 399 g/mol. The summed E-state index contributed by atoms with van der Waals surface area (Å²) >= 11 is 0. The normalized spacial score (nSPS) is 13.6. The van der Waals surface area contributed by atoms with Crippen LogP contribution in [0.2, 0.25) is 0 Å². The number of para-hydroxylation sites is 2. The summed E-state index contributed by atoms with van der Waals surface area (Å²) in [6.07, 6.45) is -1.93. The number of hydrogen-bond acceptors (Lipinski definition) is 6. The standard InChI is InChI=1S/C20H16F3N5O2/c21-20(22,23)14-8-2-3-9-15(14)26-18-17(28(29)30)19(25-12-24-18)27-11-5-7-13-6-1-4-10-16(13)27/h1-4,6,8-10,12H,5,7,11H2,(H,24,25,26). The largest absolute Gasteiger partial charge is 0.418 e. The molecule has 1 aromatic heterocycles. The number of fused-ring (bicyclic) bond motifs is 1. The minimum Gasteiger partial charge on any atom is -0.334 e. The molecule has 0 fully saturated rings. The van der Waals surface area contributed by atoms with E-state index in [2.05, 4.69) is 15.3 Å². The predicted molar refractivity (Wildman–Crippen MR) is 105 cm³/mol. The van der Waals surface area contributed by atoms with Gasteiger partial charge in [0.15, 0.2) is 0 Å². The maximum Gasteiger partial charge on any atom is 0.418 e. The van der Waals surface area contributed by atoms with Crippen molar-refractivity contribution in [2.75, 3.05) is 16.8 Å². The van der Waals surface area contributed by atoms with Crippen molar-refractivity contribution in [1.82, 2.24) is 9.97 Å². The van der Waals surface area contributed by atoms with Gasteiger partial charge >= 0.3 is 11.9 Å². The zero-order chi connectivity index (χ0) is 21.3. The number of nitrogens with one attached hydrogen (secondary N) is 1. The number of halogens is 3. The van der Waals surface area contributed by atoms with Crippen LogP contribution in [0.1, 0.15) is 17.5 Å².